The average molecular weight is 767 g/mol. The molecule has 13 nitrogen and oxygen atoms in total. The highest BCUT2D eigenvalue weighted by atomic mass is 16.7. The quantitative estimate of drug-likeness (QED) is 0.153. The van der Waals surface area contributed by atoms with Crippen molar-refractivity contribution in [3.8, 4) is 0 Å². The summed E-state index contributed by atoms with van der Waals surface area (Å²) in [4.78, 5) is 0. The highest BCUT2D eigenvalue weighted by Crippen LogP contribution is 2.80. The van der Waals surface area contributed by atoms with Crippen LogP contribution in [0.25, 0.3) is 0 Å². The van der Waals surface area contributed by atoms with Gasteiger partial charge >= 0.3 is 0 Å². The van der Waals surface area contributed by atoms with Gasteiger partial charge in [-0.15, -0.1) is 0 Å². The molecule has 308 valence electrons. The summed E-state index contributed by atoms with van der Waals surface area (Å²) in [5.41, 5.74) is -0.0875. The molecular weight excluding hydrogens is 700 g/mol. The fourth-order valence-electron chi connectivity index (χ4n) is 14.3. The lowest BCUT2D eigenvalue weighted by Crippen LogP contribution is -2.68. The van der Waals surface area contributed by atoms with Gasteiger partial charge in [0, 0.05) is 23.7 Å². The van der Waals surface area contributed by atoms with Crippen LogP contribution in [-0.2, 0) is 28.4 Å². The molecule has 4 aliphatic carbocycles. The van der Waals surface area contributed by atoms with Crippen molar-refractivity contribution in [1.82, 2.24) is 0 Å². The fourth-order valence-corrected chi connectivity index (χ4v) is 14.3. The summed E-state index contributed by atoms with van der Waals surface area (Å²) >= 11 is 0. The van der Waals surface area contributed by atoms with Gasteiger partial charge < -0.3 is 64.2 Å². The number of hydrogen-bond acceptors (Lipinski definition) is 13. The predicted molar refractivity (Wildman–Crippen MR) is 192 cm³/mol. The molecule has 0 amide bonds. The van der Waals surface area contributed by atoms with Gasteiger partial charge in [-0.1, -0.05) is 39.3 Å². The Bertz CT molecular complexity index is 1450. The molecule has 4 saturated carbocycles. The number of aliphatic hydroxyl groups is 7. The Morgan fingerprint density at radius 1 is 0.796 bits per heavy atom. The van der Waals surface area contributed by atoms with Crippen LogP contribution in [0.5, 0.6) is 0 Å². The summed E-state index contributed by atoms with van der Waals surface area (Å²) < 4.78 is 37.4. The van der Waals surface area contributed by atoms with Gasteiger partial charge in [0.05, 0.1) is 38.1 Å². The van der Waals surface area contributed by atoms with Gasteiger partial charge in [0.25, 0.3) is 0 Å². The minimum Gasteiger partial charge on any atom is -0.394 e. The van der Waals surface area contributed by atoms with Crippen molar-refractivity contribution in [2.45, 2.75) is 166 Å². The van der Waals surface area contributed by atoms with Gasteiger partial charge in [0.1, 0.15) is 42.7 Å². The van der Waals surface area contributed by atoms with Gasteiger partial charge in [-0.25, -0.2) is 0 Å². The third kappa shape index (κ3) is 5.50. The van der Waals surface area contributed by atoms with E-state index in [4.69, 9.17) is 28.4 Å². The molecule has 0 aromatic heterocycles. The molecule has 4 saturated heterocycles. The number of rotatable bonds is 6. The van der Waals surface area contributed by atoms with Gasteiger partial charge in [-0.3, -0.25) is 0 Å². The Morgan fingerprint density at radius 2 is 1.54 bits per heavy atom. The second-order valence-electron chi connectivity index (χ2n) is 20.1. The highest BCUT2D eigenvalue weighted by Gasteiger charge is 2.81. The van der Waals surface area contributed by atoms with Crippen molar-refractivity contribution >= 4 is 0 Å². The van der Waals surface area contributed by atoms with E-state index in [-0.39, 0.29) is 46.2 Å². The van der Waals surface area contributed by atoms with Crippen LogP contribution in [0, 0.1) is 51.2 Å². The van der Waals surface area contributed by atoms with E-state index in [1.54, 1.807) is 0 Å². The van der Waals surface area contributed by atoms with Crippen molar-refractivity contribution in [1.29, 1.82) is 0 Å². The van der Waals surface area contributed by atoms with Crippen LogP contribution < -0.4 is 0 Å². The average Bonchev–Trinajstić information content (AvgIpc) is 3.64. The molecule has 8 rings (SSSR count). The van der Waals surface area contributed by atoms with Crippen LogP contribution in [0.15, 0.2) is 11.6 Å². The van der Waals surface area contributed by atoms with Crippen molar-refractivity contribution in [3.05, 3.63) is 11.6 Å². The van der Waals surface area contributed by atoms with Gasteiger partial charge in [0.15, 0.2) is 18.4 Å². The molecule has 4 heterocycles. The predicted octanol–water partition coefficient (Wildman–Crippen LogP) is 2.00. The monoisotopic (exact) mass is 766 g/mol. The standard InChI is InChI=1S/C41H66O13/c1-20(2)14-21-16-50-41-18-40(19-51-41)22(33(41)39(21,7)48)8-9-26-37(5)12-11-27(36(3,4)25(37)10-13-38(26,40)6)53-34-31(47)32(23(43)17-49-34)54-35-30(46)29(45)28(44)24(15-42)52-35/h14,21-35,42-48H,8-13,15-19H2,1-7H3/t21?,22-,23+,24-,25+,26-,27+,28-,29+,30-,31-,32+,33+,34+,35+,37+,38-,39?,40+,41-/m1/s1. The smallest absolute Gasteiger partial charge is 0.187 e. The van der Waals surface area contributed by atoms with Crippen molar-refractivity contribution in [2.24, 2.45) is 51.2 Å². The Morgan fingerprint density at radius 3 is 2.24 bits per heavy atom. The third-order valence-electron chi connectivity index (χ3n) is 16.9. The molecule has 54 heavy (non-hydrogen) atoms. The Balaban J connectivity index is 0.993. The maximum absolute atomic E-state index is 12.3. The normalized spacial score (nSPS) is 57.7. The van der Waals surface area contributed by atoms with Crippen molar-refractivity contribution in [3.63, 3.8) is 0 Å². The molecular formula is C41H66O13. The van der Waals surface area contributed by atoms with Crippen LogP contribution in [0.4, 0.5) is 0 Å². The zero-order valence-electron chi connectivity index (χ0n) is 33.1. The van der Waals surface area contributed by atoms with Gasteiger partial charge in [-0.05, 0) is 93.3 Å². The zero-order valence-corrected chi connectivity index (χ0v) is 33.1. The minimum absolute atomic E-state index is 0.00497. The van der Waals surface area contributed by atoms with E-state index in [1.807, 2.05) is 6.92 Å². The first kappa shape index (κ1) is 40.0. The summed E-state index contributed by atoms with van der Waals surface area (Å²) in [6, 6.07) is 0. The second kappa shape index (κ2) is 13.4. The number of ether oxygens (including phenoxy) is 6. The Kier molecular flexibility index (Phi) is 9.91. The second-order valence-corrected chi connectivity index (χ2v) is 20.1. The topological polar surface area (TPSA) is 197 Å². The summed E-state index contributed by atoms with van der Waals surface area (Å²) in [6.45, 7) is 16.1. The Labute approximate surface area is 319 Å². The molecule has 0 aromatic carbocycles. The molecule has 2 unspecified atom stereocenters. The number of fused-ring (bicyclic) bond motifs is 4. The maximum atomic E-state index is 12.3. The van der Waals surface area contributed by atoms with Crippen LogP contribution >= 0.6 is 0 Å². The van der Waals surface area contributed by atoms with Crippen molar-refractivity contribution < 1.29 is 64.2 Å². The largest absolute Gasteiger partial charge is 0.394 e. The summed E-state index contributed by atoms with van der Waals surface area (Å²) in [7, 11) is 0. The fraction of sp³-hybridized carbons (Fsp3) is 0.951. The molecule has 7 N–H and O–H groups in total. The molecule has 8 fully saturated rings. The zero-order chi connectivity index (χ0) is 39.0. The summed E-state index contributed by atoms with van der Waals surface area (Å²) in [5.74, 6) is 0.203. The van der Waals surface area contributed by atoms with E-state index >= 15 is 0 Å². The molecule has 2 spiro atoms. The number of allylic oxidation sites excluding steroid dienone is 1. The lowest BCUT2D eigenvalue weighted by molar-refractivity contribution is -0.358. The van der Waals surface area contributed by atoms with Crippen LogP contribution in [0.1, 0.15) is 93.4 Å². The lowest BCUT2D eigenvalue weighted by atomic mass is 9.35. The molecule has 2 bridgehead atoms. The third-order valence-corrected chi connectivity index (χ3v) is 16.9. The number of hydrogen-bond donors (Lipinski definition) is 7. The first-order valence-electron chi connectivity index (χ1n) is 20.5. The van der Waals surface area contributed by atoms with E-state index in [0.29, 0.717) is 31.0 Å². The SMILES string of the molecule is CC(C)=CC1CO[C@]23C[C@]4(CO2)[C@H](CC[C@@H]2[C@@]5(C)CC[C@H](O[C@@H]6OC[C@H](O)[C@H](O[C@@H]7O[C@H](CO)[C@@H](O)[C@H](O)[C@H]7O)[C@H]6O)C(C)(C)[C@@H]5CC[C@]24C)[C@H]3C1(C)O. The first-order chi connectivity index (χ1) is 25.3. The van der Waals surface area contributed by atoms with E-state index in [2.05, 4.69) is 47.6 Å². The Hall–Kier alpha value is -0.780. The molecule has 4 aliphatic heterocycles. The van der Waals surface area contributed by atoms with Crippen molar-refractivity contribution in [2.75, 3.05) is 26.4 Å². The summed E-state index contributed by atoms with van der Waals surface area (Å²) in [6.07, 6.45) is -4.14. The molecule has 13 heteroatoms. The van der Waals surface area contributed by atoms with Crippen LogP contribution in [-0.4, -0.2) is 135 Å². The van der Waals surface area contributed by atoms with Gasteiger partial charge in [0.2, 0.25) is 0 Å². The van der Waals surface area contributed by atoms with Gasteiger partial charge in [-0.2, -0.15) is 0 Å². The molecule has 0 radical (unpaired) electrons. The lowest BCUT2D eigenvalue weighted by Gasteiger charge is -2.70. The minimum atomic E-state index is -1.68. The van der Waals surface area contributed by atoms with Crippen LogP contribution in [0.3, 0.4) is 0 Å². The summed E-state index contributed by atoms with van der Waals surface area (Å²) in [5, 5.41) is 75.2. The maximum Gasteiger partial charge on any atom is 0.187 e. The first-order valence-corrected chi connectivity index (χ1v) is 20.5. The molecule has 8 aliphatic rings. The number of aliphatic hydroxyl groups excluding tert-OH is 6. The van der Waals surface area contributed by atoms with E-state index < -0.39 is 73.3 Å². The van der Waals surface area contributed by atoms with Crippen LogP contribution in [0.2, 0.25) is 0 Å². The van der Waals surface area contributed by atoms with E-state index in [0.717, 1.165) is 44.9 Å². The highest BCUT2D eigenvalue weighted by molar-refractivity contribution is 5.27. The van der Waals surface area contributed by atoms with E-state index in [9.17, 15) is 35.7 Å². The van der Waals surface area contributed by atoms with E-state index in [1.165, 1.54) is 5.57 Å². The molecule has 0 aromatic rings. The molecule has 20 atom stereocenters.